The van der Waals surface area contributed by atoms with Crippen molar-refractivity contribution in [3.8, 4) is 0 Å². The zero-order valence-corrected chi connectivity index (χ0v) is 29.0. The number of nitrogens with one attached hydrogen (secondary N) is 2. The van der Waals surface area contributed by atoms with Crippen LogP contribution in [0.15, 0.2) is 70.6 Å². The summed E-state index contributed by atoms with van der Waals surface area (Å²) in [4.78, 5) is 55.0. The van der Waals surface area contributed by atoms with E-state index in [4.69, 9.17) is 33.3 Å². The van der Waals surface area contributed by atoms with E-state index in [0.29, 0.717) is 36.2 Å². The number of rotatable bonds is 7. The number of amidine groups is 1. The lowest BCUT2D eigenvalue weighted by Crippen LogP contribution is -2.61. The molecule has 0 unspecified atom stereocenters. The molecule has 0 bridgehead atoms. The average Bonchev–Trinajstić information content (AvgIpc) is 3.28. The maximum absolute atomic E-state index is 14.9. The van der Waals surface area contributed by atoms with Crippen molar-refractivity contribution in [2.24, 2.45) is 4.99 Å². The van der Waals surface area contributed by atoms with Crippen molar-refractivity contribution in [1.82, 2.24) is 25.0 Å². The third kappa shape index (κ3) is 6.69. The van der Waals surface area contributed by atoms with Gasteiger partial charge in [-0.15, -0.1) is 0 Å². The molecule has 5 rings (SSSR count). The minimum atomic E-state index is -1.12. The summed E-state index contributed by atoms with van der Waals surface area (Å²) in [6, 6.07) is 16.0. The van der Waals surface area contributed by atoms with E-state index in [1.165, 1.54) is 0 Å². The van der Waals surface area contributed by atoms with Gasteiger partial charge in [0, 0.05) is 66.1 Å². The Hall–Kier alpha value is -3.70. The molecule has 0 spiro atoms. The van der Waals surface area contributed by atoms with Crippen molar-refractivity contribution in [3.63, 3.8) is 0 Å². The first kappa shape index (κ1) is 34.6. The van der Waals surface area contributed by atoms with Crippen LogP contribution < -0.4 is 10.7 Å². The summed E-state index contributed by atoms with van der Waals surface area (Å²) < 4.78 is 0. The van der Waals surface area contributed by atoms with Crippen LogP contribution in [0.2, 0.25) is 10.0 Å². The first-order valence-corrected chi connectivity index (χ1v) is 16.5. The molecule has 2 aliphatic heterocycles. The van der Waals surface area contributed by atoms with Gasteiger partial charge in [0.25, 0.3) is 0 Å². The van der Waals surface area contributed by atoms with Gasteiger partial charge in [0.2, 0.25) is 5.91 Å². The lowest BCUT2D eigenvalue weighted by atomic mass is 9.71. The van der Waals surface area contributed by atoms with Gasteiger partial charge in [-0.25, -0.2) is 4.79 Å². The van der Waals surface area contributed by atoms with Crippen LogP contribution in [0.25, 0.3) is 0 Å². The fourth-order valence-electron chi connectivity index (χ4n) is 6.34. The number of urea groups is 1. The maximum atomic E-state index is 14.9. The van der Waals surface area contributed by atoms with Crippen LogP contribution in [0, 0.1) is 0 Å². The third-order valence-electron chi connectivity index (χ3n) is 9.35. The van der Waals surface area contributed by atoms with Crippen LogP contribution in [0.3, 0.4) is 0 Å². The number of hydrogen-bond donors (Lipinski definition) is 3. The molecule has 3 amide bonds. The Morgan fingerprint density at radius 3 is 2.06 bits per heavy atom. The van der Waals surface area contributed by atoms with Crippen LogP contribution in [-0.2, 0) is 21.3 Å². The minimum Gasteiger partial charge on any atom is -0.395 e. The van der Waals surface area contributed by atoms with Crippen molar-refractivity contribution >= 4 is 41.0 Å². The topological polar surface area (TPSA) is 121 Å². The number of aliphatic hydroxyl groups excluding tert-OH is 1. The number of H-pyrrole nitrogens is 1. The van der Waals surface area contributed by atoms with E-state index < -0.39 is 11.1 Å². The van der Waals surface area contributed by atoms with Crippen LogP contribution in [-0.4, -0.2) is 88.4 Å². The highest BCUT2D eigenvalue weighted by Gasteiger charge is 2.60. The quantitative estimate of drug-likeness (QED) is 0.334. The zero-order valence-electron chi connectivity index (χ0n) is 27.4. The lowest BCUT2D eigenvalue weighted by molar-refractivity contribution is -0.122. The van der Waals surface area contributed by atoms with Gasteiger partial charge in [0.15, 0.2) is 5.43 Å². The van der Waals surface area contributed by atoms with Gasteiger partial charge in [0.05, 0.1) is 18.7 Å². The molecule has 1 fully saturated rings. The van der Waals surface area contributed by atoms with Crippen molar-refractivity contribution in [2.75, 3.05) is 45.9 Å². The first-order chi connectivity index (χ1) is 22.2. The normalized spacial score (nSPS) is 21.9. The van der Waals surface area contributed by atoms with Gasteiger partial charge in [-0.1, -0.05) is 68.2 Å². The van der Waals surface area contributed by atoms with E-state index in [2.05, 4.69) is 10.3 Å². The number of aliphatic hydroxyl groups is 1. The molecule has 3 heterocycles. The highest BCUT2D eigenvalue weighted by Crippen LogP contribution is 2.53. The summed E-state index contributed by atoms with van der Waals surface area (Å²) in [6.45, 7) is 11.9. The summed E-state index contributed by atoms with van der Waals surface area (Å²) in [5, 5.41) is 12.8. The van der Waals surface area contributed by atoms with Gasteiger partial charge in [0.1, 0.15) is 16.9 Å². The molecule has 2 aromatic carbocycles. The third-order valence-corrected chi connectivity index (χ3v) is 9.85. The van der Waals surface area contributed by atoms with Crippen LogP contribution in [0.4, 0.5) is 4.79 Å². The predicted molar refractivity (Wildman–Crippen MR) is 185 cm³/mol. The monoisotopic (exact) mass is 680 g/mol. The van der Waals surface area contributed by atoms with Crippen molar-refractivity contribution in [2.45, 2.75) is 51.1 Å². The number of carbonyl (C=O) groups is 2. The number of benzene rings is 2. The highest BCUT2D eigenvalue weighted by atomic mass is 35.5. The Kier molecular flexibility index (Phi) is 9.89. The predicted octanol–water partition coefficient (Wildman–Crippen LogP) is 4.72. The number of carbonyl (C=O) groups excluding carboxylic acids is 2. The van der Waals surface area contributed by atoms with Crippen LogP contribution in [0.5, 0.6) is 0 Å². The molecule has 250 valence electrons. The Morgan fingerprint density at radius 2 is 1.53 bits per heavy atom. The average molecular weight is 682 g/mol. The Morgan fingerprint density at radius 1 is 0.957 bits per heavy atom. The highest BCUT2D eigenvalue weighted by molar-refractivity contribution is 6.30. The molecule has 2 atom stereocenters. The number of pyridine rings is 1. The lowest BCUT2D eigenvalue weighted by Gasteiger charge is -2.47. The van der Waals surface area contributed by atoms with E-state index in [0.717, 1.165) is 16.8 Å². The first-order valence-electron chi connectivity index (χ1n) is 15.7. The number of aliphatic imine (C=N–C) groups is 1. The summed E-state index contributed by atoms with van der Waals surface area (Å²) >= 11 is 12.6. The second-order valence-corrected chi connectivity index (χ2v) is 14.3. The number of halogens is 2. The number of piperazine rings is 1. The summed E-state index contributed by atoms with van der Waals surface area (Å²) in [5.74, 6) is 0.0807. The van der Waals surface area contributed by atoms with E-state index in [9.17, 15) is 14.4 Å². The van der Waals surface area contributed by atoms with E-state index in [1.807, 2.05) is 63.8 Å². The van der Waals surface area contributed by atoms with Crippen molar-refractivity contribution in [3.05, 3.63) is 103 Å². The molecule has 10 nitrogen and oxygen atoms in total. The molecule has 0 aliphatic carbocycles. The molecule has 3 N–H and O–H groups in total. The number of aromatic nitrogens is 1. The molecular weight excluding hydrogens is 639 g/mol. The second-order valence-electron chi connectivity index (χ2n) is 13.4. The Balaban J connectivity index is 1.62. The van der Waals surface area contributed by atoms with Crippen LogP contribution in [0.1, 0.15) is 57.0 Å². The maximum Gasteiger partial charge on any atom is 0.326 e. The van der Waals surface area contributed by atoms with Gasteiger partial charge in [-0.2, -0.15) is 0 Å². The standard InChI is InChI=1S/C35H42Cl2N6O4/c1-33(2,3)29-20-28(45)27(21-39-29)31-40-34(4,23-6-10-25(36)11-7-23)35(5,24-8-12-26(37)13-9-24)43(31)32(47)42-17-15-41(16-18-42)22-30(46)38-14-19-44/h6-13,20-21,44H,14-19,22H2,1-5H3,(H,38,46)(H,39,45)/t34-,35+/m0/s1. The van der Waals surface area contributed by atoms with E-state index in [-0.39, 0.29) is 53.9 Å². The molecule has 2 aliphatic rings. The zero-order chi connectivity index (χ0) is 34.1. The molecular formula is C35H42Cl2N6O4. The number of hydrogen-bond acceptors (Lipinski definition) is 6. The van der Waals surface area contributed by atoms with Gasteiger partial charge in [-0.3, -0.25) is 24.4 Å². The molecule has 1 aromatic heterocycles. The Bertz CT molecular complexity index is 1710. The second kappa shape index (κ2) is 13.4. The van der Waals surface area contributed by atoms with Crippen LogP contribution >= 0.6 is 23.2 Å². The smallest absolute Gasteiger partial charge is 0.326 e. The molecule has 0 saturated carbocycles. The fraction of sp³-hybridized carbons (Fsp3) is 0.429. The van der Waals surface area contributed by atoms with E-state index in [1.54, 1.807) is 46.3 Å². The largest absolute Gasteiger partial charge is 0.395 e. The molecule has 3 aromatic rings. The van der Waals surface area contributed by atoms with Gasteiger partial charge in [-0.05, 0) is 49.2 Å². The summed E-state index contributed by atoms with van der Waals surface area (Å²) in [6.07, 6.45) is 1.65. The number of nitrogens with zero attached hydrogens (tertiary/aromatic N) is 4. The minimum absolute atomic E-state index is 0.128. The summed E-state index contributed by atoms with van der Waals surface area (Å²) in [5.41, 5.74) is -0.0718. The van der Waals surface area contributed by atoms with Gasteiger partial charge >= 0.3 is 6.03 Å². The van der Waals surface area contributed by atoms with Crippen molar-refractivity contribution < 1.29 is 14.7 Å². The summed E-state index contributed by atoms with van der Waals surface area (Å²) in [7, 11) is 0. The van der Waals surface area contributed by atoms with Gasteiger partial charge < -0.3 is 20.3 Å². The molecule has 12 heteroatoms. The number of amides is 3. The SMILES string of the molecule is CC(C)(C)c1cc(=O)c(C2=N[C@@](C)(c3ccc(Cl)cc3)[C@@](C)(c3ccc(Cl)cc3)N2C(=O)N2CCN(CC(=O)NCCO)CC2)c[nH]1. The molecule has 47 heavy (non-hydrogen) atoms. The molecule has 0 radical (unpaired) electrons. The molecule has 1 saturated heterocycles. The van der Waals surface area contributed by atoms with E-state index >= 15 is 0 Å². The number of aromatic amines is 1. The fourth-order valence-corrected chi connectivity index (χ4v) is 6.59. The van der Waals surface area contributed by atoms with Crippen molar-refractivity contribution in [1.29, 1.82) is 0 Å². The Labute approximate surface area is 285 Å².